The van der Waals surface area contributed by atoms with E-state index in [1.807, 2.05) is 12.1 Å². The molecule has 1 aliphatic rings. The molecule has 4 rings (SSSR count). The van der Waals surface area contributed by atoms with Crippen LogP contribution in [0.15, 0.2) is 48.8 Å². The molecule has 0 bridgehead atoms. The molecule has 1 saturated carbocycles. The van der Waals surface area contributed by atoms with Gasteiger partial charge in [0.05, 0.1) is 0 Å². The van der Waals surface area contributed by atoms with Crippen molar-refractivity contribution in [3.63, 3.8) is 0 Å². The number of hydrogen-bond donors (Lipinski definition) is 0. The lowest BCUT2D eigenvalue weighted by Gasteiger charge is -2.12. The fourth-order valence-corrected chi connectivity index (χ4v) is 2.57. The lowest BCUT2D eigenvalue weighted by Crippen LogP contribution is -2.16. The third-order valence-electron chi connectivity index (χ3n) is 3.82. The highest BCUT2D eigenvalue weighted by molar-refractivity contribution is 5.49. The number of halogens is 3. The first-order chi connectivity index (χ1) is 11.5. The van der Waals surface area contributed by atoms with Crippen LogP contribution in [0.1, 0.15) is 24.3 Å². The normalized spacial score (nSPS) is 14.8. The largest absolute Gasteiger partial charge is 0.573 e. The third-order valence-corrected chi connectivity index (χ3v) is 3.82. The van der Waals surface area contributed by atoms with Gasteiger partial charge in [-0.15, -0.1) is 13.2 Å². The van der Waals surface area contributed by atoms with Crippen molar-refractivity contribution in [1.29, 1.82) is 0 Å². The van der Waals surface area contributed by atoms with Gasteiger partial charge >= 0.3 is 6.36 Å². The van der Waals surface area contributed by atoms with Crippen molar-refractivity contribution < 1.29 is 22.6 Å². The Morgan fingerprint density at radius 3 is 2.42 bits per heavy atom. The van der Waals surface area contributed by atoms with Crippen LogP contribution in [0.4, 0.5) is 13.2 Å². The standard InChI is InChI=1S/C17H13F3N2O2/c18-17(19,20)24-14-5-3-13(4-6-14)23-16-10-12(11-1-2-11)9-15-21-7-8-22(15)16/h3-11H,1-2H2. The molecule has 0 N–H and O–H groups in total. The molecule has 24 heavy (non-hydrogen) atoms. The summed E-state index contributed by atoms with van der Waals surface area (Å²) >= 11 is 0. The molecule has 1 aromatic carbocycles. The molecular weight excluding hydrogens is 321 g/mol. The van der Waals surface area contributed by atoms with Crippen LogP contribution in [-0.4, -0.2) is 15.7 Å². The molecule has 124 valence electrons. The second-order valence-electron chi connectivity index (χ2n) is 5.68. The minimum absolute atomic E-state index is 0.283. The molecule has 0 atom stereocenters. The molecule has 1 fully saturated rings. The summed E-state index contributed by atoms with van der Waals surface area (Å²) in [6, 6.07) is 9.30. The summed E-state index contributed by atoms with van der Waals surface area (Å²) in [5.41, 5.74) is 1.95. The van der Waals surface area contributed by atoms with Crippen LogP contribution < -0.4 is 9.47 Å². The Labute approximate surface area is 135 Å². The molecule has 7 heteroatoms. The molecule has 0 radical (unpaired) electrons. The predicted molar refractivity (Wildman–Crippen MR) is 80.4 cm³/mol. The van der Waals surface area contributed by atoms with Gasteiger partial charge in [-0.2, -0.15) is 0 Å². The maximum Gasteiger partial charge on any atom is 0.573 e. The molecule has 0 aliphatic heterocycles. The average Bonchev–Trinajstić information content (AvgIpc) is 3.26. The van der Waals surface area contributed by atoms with Crippen molar-refractivity contribution in [1.82, 2.24) is 9.38 Å². The second kappa shape index (κ2) is 5.43. The topological polar surface area (TPSA) is 35.8 Å². The van der Waals surface area contributed by atoms with E-state index in [4.69, 9.17) is 4.74 Å². The lowest BCUT2D eigenvalue weighted by molar-refractivity contribution is -0.274. The zero-order chi connectivity index (χ0) is 16.7. The van der Waals surface area contributed by atoms with Crippen LogP contribution in [0.5, 0.6) is 17.4 Å². The summed E-state index contributed by atoms with van der Waals surface area (Å²) in [7, 11) is 0. The average molecular weight is 334 g/mol. The van der Waals surface area contributed by atoms with Crippen molar-refractivity contribution in [3.05, 3.63) is 54.4 Å². The van der Waals surface area contributed by atoms with Crippen LogP contribution in [0, 0.1) is 0 Å². The number of benzene rings is 1. The third kappa shape index (κ3) is 3.15. The minimum Gasteiger partial charge on any atom is -0.440 e. The first kappa shape index (κ1) is 14.9. The second-order valence-corrected chi connectivity index (χ2v) is 5.68. The zero-order valence-corrected chi connectivity index (χ0v) is 12.5. The first-order valence-corrected chi connectivity index (χ1v) is 7.49. The van der Waals surface area contributed by atoms with Crippen molar-refractivity contribution in [2.45, 2.75) is 25.1 Å². The van der Waals surface area contributed by atoms with Gasteiger partial charge in [0.25, 0.3) is 0 Å². The van der Waals surface area contributed by atoms with Crippen LogP contribution in [-0.2, 0) is 0 Å². The Morgan fingerprint density at radius 2 is 1.75 bits per heavy atom. The van der Waals surface area contributed by atoms with Crippen LogP contribution in [0.2, 0.25) is 0 Å². The Balaban J connectivity index is 1.60. The SMILES string of the molecule is FC(F)(F)Oc1ccc(Oc2cc(C3CC3)cc3nccn23)cc1. The Hall–Kier alpha value is -2.70. The molecule has 0 spiro atoms. The highest BCUT2D eigenvalue weighted by Crippen LogP contribution is 2.42. The van der Waals surface area contributed by atoms with E-state index < -0.39 is 6.36 Å². The number of hydrogen-bond acceptors (Lipinski definition) is 3. The van der Waals surface area contributed by atoms with Crippen LogP contribution >= 0.6 is 0 Å². The van der Waals surface area contributed by atoms with E-state index in [2.05, 4.69) is 9.72 Å². The summed E-state index contributed by atoms with van der Waals surface area (Å²) in [4.78, 5) is 4.28. The number of ether oxygens (including phenoxy) is 2. The van der Waals surface area contributed by atoms with Gasteiger partial charge in [0.15, 0.2) is 0 Å². The lowest BCUT2D eigenvalue weighted by atomic mass is 10.2. The fraction of sp³-hybridized carbons (Fsp3) is 0.235. The van der Waals surface area contributed by atoms with Crippen molar-refractivity contribution >= 4 is 5.65 Å². The van der Waals surface area contributed by atoms with Crippen molar-refractivity contribution in [3.8, 4) is 17.4 Å². The molecule has 3 aromatic rings. The molecule has 0 saturated heterocycles. The predicted octanol–water partition coefficient (Wildman–Crippen LogP) is 4.90. The molecule has 4 nitrogen and oxygen atoms in total. The molecule has 2 heterocycles. The molecule has 0 unspecified atom stereocenters. The highest BCUT2D eigenvalue weighted by Gasteiger charge is 2.31. The molecule has 2 aromatic heterocycles. The van der Waals surface area contributed by atoms with E-state index in [-0.39, 0.29) is 5.75 Å². The van der Waals surface area contributed by atoms with Gasteiger partial charge in [-0.3, -0.25) is 4.40 Å². The van der Waals surface area contributed by atoms with E-state index in [1.165, 1.54) is 29.8 Å². The van der Waals surface area contributed by atoms with E-state index in [0.29, 0.717) is 17.5 Å². The minimum atomic E-state index is -4.70. The van der Waals surface area contributed by atoms with Crippen LogP contribution in [0.25, 0.3) is 5.65 Å². The summed E-state index contributed by atoms with van der Waals surface area (Å²) in [6.45, 7) is 0. The van der Waals surface area contributed by atoms with Gasteiger partial charge in [-0.1, -0.05) is 0 Å². The quantitative estimate of drug-likeness (QED) is 0.680. The number of alkyl halides is 3. The first-order valence-electron chi connectivity index (χ1n) is 7.49. The van der Waals surface area contributed by atoms with Gasteiger partial charge < -0.3 is 9.47 Å². The number of nitrogens with zero attached hydrogens (tertiary/aromatic N) is 2. The monoisotopic (exact) mass is 334 g/mol. The summed E-state index contributed by atoms with van der Waals surface area (Å²) in [5.74, 6) is 1.26. The Morgan fingerprint density at radius 1 is 1.04 bits per heavy atom. The van der Waals surface area contributed by atoms with E-state index in [0.717, 1.165) is 18.5 Å². The van der Waals surface area contributed by atoms with Crippen LogP contribution in [0.3, 0.4) is 0 Å². The summed E-state index contributed by atoms with van der Waals surface area (Å²) in [6.07, 6.45) is 1.06. The highest BCUT2D eigenvalue weighted by atomic mass is 19.4. The number of fused-ring (bicyclic) bond motifs is 1. The van der Waals surface area contributed by atoms with Gasteiger partial charge in [0.2, 0.25) is 5.88 Å². The maximum atomic E-state index is 12.2. The number of aromatic nitrogens is 2. The smallest absolute Gasteiger partial charge is 0.440 e. The van der Waals surface area contributed by atoms with E-state index in [1.54, 1.807) is 16.8 Å². The Bertz CT molecular complexity index is 868. The number of rotatable bonds is 4. The fourth-order valence-electron chi connectivity index (χ4n) is 2.57. The van der Waals surface area contributed by atoms with E-state index >= 15 is 0 Å². The Kier molecular flexibility index (Phi) is 3.37. The maximum absolute atomic E-state index is 12.2. The van der Waals surface area contributed by atoms with Gasteiger partial charge in [0.1, 0.15) is 17.1 Å². The van der Waals surface area contributed by atoms with Gasteiger partial charge in [-0.25, -0.2) is 4.98 Å². The van der Waals surface area contributed by atoms with Gasteiger partial charge in [-0.05, 0) is 54.7 Å². The number of pyridine rings is 1. The van der Waals surface area contributed by atoms with Gasteiger partial charge in [0, 0.05) is 18.5 Å². The van der Waals surface area contributed by atoms with Crippen molar-refractivity contribution in [2.24, 2.45) is 0 Å². The zero-order valence-electron chi connectivity index (χ0n) is 12.5. The van der Waals surface area contributed by atoms with Crippen molar-refractivity contribution in [2.75, 3.05) is 0 Å². The summed E-state index contributed by atoms with van der Waals surface area (Å²) < 4.78 is 48.1. The molecular formula is C17H13F3N2O2. The summed E-state index contributed by atoms with van der Waals surface area (Å²) in [5, 5.41) is 0. The molecule has 1 aliphatic carbocycles. The number of imidazole rings is 1. The van der Waals surface area contributed by atoms with E-state index in [9.17, 15) is 13.2 Å². The molecule has 0 amide bonds.